The van der Waals surface area contributed by atoms with E-state index in [0.717, 1.165) is 0 Å². The van der Waals surface area contributed by atoms with E-state index in [1.165, 1.54) is 0 Å². The molecule has 1 atom stereocenters. The van der Waals surface area contributed by atoms with E-state index in [1.807, 2.05) is 6.92 Å². The molecular formula is C12H27NOSi2. The molecule has 0 saturated carbocycles. The molecule has 0 rings (SSSR count). The molecule has 16 heavy (non-hydrogen) atoms. The molecule has 0 aliphatic rings. The van der Waals surface area contributed by atoms with Crippen molar-refractivity contribution in [3.63, 3.8) is 0 Å². The minimum Gasteiger partial charge on any atom is -0.403 e. The fourth-order valence-electron chi connectivity index (χ4n) is 1.62. The lowest BCUT2D eigenvalue weighted by molar-refractivity contribution is 0.208. The van der Waals surface area contributed by atoms with Gasteiger partial charge < -0.3 is 4.43 Å². The molecule has 94 valence electrons. The maximum Gasteiger partial charge on any atom is 0.185 e. The van der Waals surface area contributed by atoms with Crippen molar-refractivity contribution >= 4 is 16.4 Å². The Morgan fingerprint density at radius 1 is 0.938 bits per heavy atom. The summed E-state index contributed by atoms with van der Waals surface area (Å²) in [4.78, 5) is 0. The highest BCUT2D eigenvalue weighted by atomic mass is 28.4. The summed E-state index contributed by atoms with van der Waals surface area (Å²) in [6, 6.07) is 2.46. The topological polar surface area (TPSA) is 33.0 Å². The van der Waals surface area contributed by atoms with Crippen LogP contribution in [0.2, 0.25) is 37.8 Å². The SMILES string of the molecule is CC(C)(C)[Si](C)(C)C(C)(C#N)O[Si](C)(C)C. The van der Waals surface area contributed by atoms with Crippen LogP contribution < -0.4 is 0 Å². The maximum atomic E-state index is 9.53. The first-order valence-electron chi connectivity index (χ1n) is 5.88. The third-order valence-electron chi connectivity index (χ3n) is 3.79. The first-order chi connectivity index (χ1) is 6.77. The summed E-state index contributed by atoms with van der Waals surface area (Å²) in [5.41, 5.74) is 0. The molecule has 0 aliphatic heterocycles. The van der Waals surface area contributed by atoms with Crippen LogP contribution in [0.1, 0.15) is 27.7 Å². The van der Waals surface area contributed by atoms with Gasteiger partial charge in [0.05, 0.1) is 6.07 Å². The van der Waals surface area contributed by atoms with Crippen molar-refractivity contribution in [1.29, 1.82) is 5.26 Å². The highest BCUT2D eigenvalue weighted by molar-refractivity contribution is 6.84. The van der Waals surface area contributed by atoms with Crippen molar-refractivity contribution < 1.29 is 4.43 Å². The van der Waals surface area contributed by atoms with Crippen molar-refractivity contribution in [2.75, 3.05) is 0 Å². The lowest BCUT2D eigenvalue weighted by Crippen LogP contribution is -2.61. The third-order valence-corrected chi connectivity index (χ3v) is 11.4. The Morgan fingerprint density at radius 3 is 1.50 bits per heavy atom. The summed E-state index contributed by atoms with van der Waals surface area (Å²) >= 11 is 0. The van der Waals surface area contributed by atoms with Crippen LogP contribution >= 0.6 is 0 Å². The van der Waals surface area contributed by atoms with Crippen LogP contribution in [0.4, 0.5) is 0 Å². The molecule has 0 aromatic heterocycles. The lowest BCUT2D eigenvalue weighted by atomic mass is 10.2. The molecule has 0 saturated heterocycles. The van der Waals surface area contributed by atoms with Gasteiger partial charge in [-0.1, -0.05) is 33.9 Å². The van der Waals surface area contributed by atoms with E-state index in [1.54, 1.807) is 0 Å². The van der Waals surface area contributed by atoms with Crippen LogP contribution in [0.3, 0.4) is 0 Å². The Labute approximate surface area is 103 Å². The molecule has 1 unspecified atom stereocenters. The summed E-state index contributed by atoms with van der Waals surface area (Å²) in [5, 5.41) is 9.11. The lowest BCUT2D eigenvalue weighted by Gasteiger charge is -2.48. The third kappa shape index (κ3) is 3.19. The van der Waals surface area contributed by atoms with Crippen molar-refractivity contribution in [1.82, 2.24) is 0 Å². The molecule has 0 heterocycles. The van der Waals surface area contributed by atoms with Gasteiger partial charge in [0.2, 0.25) is 0 Å². The van der Waals surface area contributed by atoms with Gasteiger partial charge in [-0.3, -0.25) is 0 Å². The Balaban J connectivity index is 5.37. The fourth-order valence-corrected chi connectivity index (χ4v) is 6.54. The first-order valence-corrected chi connectivity index (χ1v) is 12.3. The second kappa shape index (κ2) is 4.28. The second-order valence-electron chi connectivity index (χ2n) is 7.23. The zero-order valence-corrected chi connectivity index (χ0v) is 14.4. The van der Waals surface area contributed by atoms with Gasteiger partial charge in [-0.05, 0) is 31.6 Å². The number of nitriles is 1. The van der Waals surface area contributed by atoms with Gasteiger partial charge in [-0.2, -0.15) is 5.26 Å². The molecule has 0 amide bonds. The van der Waals surface area contributed by atoms with Gasteiger partial charge in [0.15, 0.2) is 8.32 Å². The van der Waals surface area contributed by atoms with Crippen LogP contribution in [0.15, 0.2) is 0 Å². The monoisotopic (exact) mass is 257 g/mol. The summed E-state index contributed by atoms with van der Waals surface area (Å²) in [5.74, 6) is 0. The maximum absolute atomic E-state index is 9.53. The van der Waals surface area contributed by atoms with Crippen LogP contribution in [0.5, 0.6) is 0 Å². The van der Waals surface area contributed by atoms with Crippen molar-refractivity contribution in [3.05, 3.63) is 0 Å². The molecule has 0 N–H and O–H groups in total. The quantitative estimate of drug-likeness (QED) is 0.711. The van der Waals surface area contributed by atoms with Gasteiger partial charge in [-0.15, -0.1) is 0 Å². The van der Waals surface area contributed by atoms with E-state index in [9.17, 15) is 5.26 Å². The van der Waals surface area contributed by atoms with E-state index >= 15 is 0 Å². The summed E-state index contributed by atoms with van der Waals surface area (Å²) < 4.78 is 6.21. The van der Waals surface area contributed by atoms with Gasteiger partial charge in [0, 0.05) is 0 Å². The normalized spacial score (nSPS) is 17.8. The predicted octanol–water partition coefficient (Wildman–Crippen LogP) is 4.17. The number of nitrogens with zero attached hydrogens (tertiary/aromatic N) is 1. The van der Waals surface area contributed by atoms with E-state index in [-0.39, 0.29) is 5.04 Å². The van der Waals surface area contributed by atoms with Gasteiger partial charge in [-0.25, -0.2) is 0 Å². The molecule has 4 heteroatoms. The predicted molar refractivity (Wildman–Crippen MR) is 75.6 cm³/mol. The summed E-state index contributed by atoms with van der Waals surface area (Å²) in [7, 11) is -3.51. The highest BCUT2D eigenvalue weighted by Crippen LogP contribution is 2.44. The Kier molecular flexibility index (Phi) is 4.25. The Morgan fingerprint density at radius 2 is 1.31 bits per heavy atom. The average Bonchev–Trinajstić information content (AvgIpc) is 1.98. The number of rotatable bonds is 3. The van der Waals surface area contributed by atoms with Crippen molar-refractivity contribution in [3.8, 4) is 6.07 Å². The molecule has 0 bridgehead atoms. The highest BCUT2D eigenvalue weighted by Gasteiger charge is 2.53. The molecule has 0 aromatic rings. The molecule has 0 fully saturated rings. The zero-order valence-electron chi connectivity index (χ0n) is 12.4. The second-order valence-corrected chi connectivity index (χ2v) is 17.4. The number of hydrogen-bond donors (Lipinski definition) is 0. The Hall–Kier alpha value is -0.116. The van der Waals surface area contributed by atoms with Crippen molar-refractivity contribution in [2.45, 2.75) is 70.7 Å². The van der Waals surface area contributed by atoms with E-state index in [4.69, 9.17) is 4.43 Å². The standard InChI is InChI=1S/C12H27NOSi2/c1-11(2,3)16(8,9)12(4,10-13)14-15(5,6)7/h1-9H3. The molecule has 2 nitrogen and oxygen atoms in total. The largest absolute Gasteiger partial charge is 0.403 e. The smallest absolute Gasteiger partial charge is 0.185 e. The van der Waals surface area contributed by atoms with E-state index in [2.05, 4.69) is 59.6 Å². The molecule has 0 radical (unpaired) electrons. The minimum atomic E-state index is -1.82. The fraction of sp³-hybridized carbons (Fsp3) is 0.917. The van der Waals surface area contributed by atoms with Crippen LogP contribution in [0.25, 0.3) is 0 Å². The van der Waals surface area contributed by atoms with Gasteiger partial charge in [0.25, 0.3) is 0 Å². The average molecular weight is 258 g/mol. The zero-order chi connectivity index (χ0) is 13.4. The summed E-state index contributed by atoms with van der Waals surface area (Å²) in [6.07, 6.45) is 0. The number of hydrogen-bond acceptors (Lipinski definition) is 2. The molecular weight excluding hydrogens is 230 g/mol. The van der Waals surface area contributed by atoms with Crippen molar-refractivity contribution in [2.24, 2.45) is 0 Å². The molecule has 0 spiro atoms. The first kappa shape index (κ1) is 15.9. The van der Waals surface area contributed by atoms with E-state index < -0.39 is 21.6 Å². The van der Waals surface area contributed by atoms with Crippen LogP contribution in [-0.4, -0.2) is 21.6 Å². The Bertz CT molecular complexity index is 294. The molecule has 0 aromatic carbocycles. The van der Waals surface area contributed by atoms with Crippen LogP contribution in [0, 0.1) is 11.3 Å². The molecule has 0 aliphatic carbocycles. The van der Waals surface area contributed by atoms with Crippen LogP contribution in [-0.2, 0) is 4.43 Å². The van der Waals surface area contributed by atoms with Gasteiger partial charge in [0.1, 0.15) is 13.3 Å². The van der Waals surface area contributed by atoms with Gasteiger partial charge >= 0.3 is 0 Å². The minimum absolute atomic E-state index is 0.164. The summed E-state index contributed by atoms with van der Waals surface area (Å²) in [6.45, 7) is 19.6. The van der Waals surface area contributed by atoms with E-state index in [0.29, 0.717) is 0 Å².